The molecular formula is C6H12O4. The third-order valence-electron chi connectivity index (χ3n) is 1.78. The van der Waals surface area contributed by atoms with Crippen LogP contribution in [0, 0.1) is 0 Å². The Labute approximate surface area is 59.1 Å². The molecule has 1 heterocycles. The third-order valence-corrected chi connectivity index (χ3v) is 1.78. The molecule has 0 amide bonds. The first-order valence-electron chi connectivity index (χ1n) is 3.29. The molecule has 3 N–H and O–H groups in total. The second kappa shape index (κ2) is 2.84. The molecule has 0 spiro atoms. The maximum Gasteiger partial charge on any atom is 0.111 e. The molecule has 0 aromatic carbocycles. The highest BCUT2D eigenvalue weighted by molar-refractivity contribution is 4.87. The van der Waals surface area contributed by atoms with Crippen LogP contribution in [-0.4, -0.2) is 46.3 Å². The fourth-order valence-corrected chi connectivity index (χ4v) is 1.09. The summed E-state index contributed by atoms with van der Waals surface area (Å²) in [5.74, 6) is 0. The average molecular weight is 148 g/mol. The molecule has 1 aliphatic heterocycles. The Balaban J connectivity index is 2.53. The number of rotatable bonds is 1. The second-order valence-electron chi connectivity index (χ2n) is 2.54. The van der Waals surface area contributed by atoms with Gasteiger partial charge >= 0.3 is 0 Å². The molecular weight excluding hydrogens is 136 g/mol. The fraction of sp³-hybridized carbons (Fsp3) is 1.00. The molecule has 0 unspecified atom stereocenters. The Morgan fingerprint density at radius 1 is 1.30 bits per heavy atom. The van der Waals surface area contributed by atoms with E-state index in [1.165, 1.54) is 0 Å². The highest BCUT2D eigenvalue weighted by Gasteiger charge is 2.39. The molecule has 10 heavy (non-hydrogen) atoms. The predicted molar refractivity (Wildman–Crippen MR) is 33.4 cm³/mol. The molecule has 0 bridgehead atoms. The SMILES string of the molecule is C[C@@H]1O[C@H](CO)[C@@H](O)[C@@H]1O. The van der Waals surface area contributed by atoms with Crippen LogP contribution in [0.4, 0.5) is 0 Å². The van der Waals surface area contributed by atoms with Gasteiger partial charge < -0.3 is 20.1 Å². The molecule has 0 aliphatic carbocycles. The molecule has 4 nitrogen and oxygen atoms in total. The summed E-state index contributed by atoms with van der Waals surface area (Å²) in [7, 11) is 0. The van der Waals surface area contributed by atoms with Crippen LogP contribution in [0.15, 0.2) is 0 Å². The maximum absolute atomic E-state index is 9.09. The van der Waals surface area contributed by atoms with Gasteiger partial charge in [-0.05, 0) is 6.92 Å². The lowest BCUT2D eigenvalue weighted by Crippen LogP contribution is -2.33. The molecule has 1 aliphatic rings. The molecule has 1 fully saturated rings. The number of ether oxygens (including phenoxy) is 1. The molecule has 0 saturated carbocycles. The summed E-state index contributed by atoms with van der Waals surface area (Å²) in [5, 5.41) is 26.8. The monoisotopic (exact) mass is 148 g/mol. The van der Waals surface area contributed by atoms with Gasteiger partial charge in [0.25, 0.3) is 0 Å². The lowest BCUT2D eigenvalue weighted by atomic mass is 10.1. The van der Waals surface area contributed by atoms with Crippen molar-refractivity contribution < 1.29 is 20.1 Å². The maximum atomic E-state index is 9.09. The van der Waals surface area contributed by atoms with Gasteiger partial charge in [0, 0.05) is 0 Å². The largest absolute Gasteiger partial charge is 0.394 e. The van der Waals surface area contributed by atoms with Crippen molar-refractivity contribution in [2.24, 2.45) is 0 Å². The van der Waals surface area contributed by atoms with Crippen LogP contribution in [-0.2, 0) is 4.74 Å². The summed E-state index contributed by atoms with van der Waals surface area (Å²) < 4.78 is 4.98. The van der Waals surface area contributed by atoms with Crippen LogP contribution in [0.1, 0.15) is 6.92 Å². The summed E-state index contributed by atoms with van der Waals surface area (Å²) in [6.07, 6.45) is -2.81. The van der Waals surface area contributed by atoms with E-state index in [1.54, 1.807) is 6.92 Å². The molecule has 4 atom stereocenters. The van der Waals surface area contributed by atoms with Crippen LogP contribution in [0.5, 0.6) is 0 Å². The van der Waals surface area contributed by atoms with Gasteiger partial charge in [-0.2, -0.15) is 0 Å². The van der Waals surface area contributed by atoms with Gasteiger partial charge in [0.05, 0.1) is 12.7 Å². The second-order valence-corrected chi connectivity index (χ2v) is 2.54. The van der Waals surface area contributed by atoms with E-state index in [4.69, 9.17) is 20.1 Å². The molecule has 0 radical (unpaired) electrons. The smallest absolute Gasteiger partial charge is 0.111 e. The van der Waals surface area contributed by atoms with E-state index in [-0.39, 0.29) is 12.7 Å². The number of aliphatic hydroxyl groups excluding tert-OH is 3. The summed E-state index contributed by atoms with van der Waals surface area (Å²) in [4.78, 5) is 0. The fourth-order valence-electron chi connectivity index (χ4n) is 1.09. The molecule has 4 heteroatoms. The van der Waals surface area contributed by atoms with Crippen LogP contribution in [0.25, 0.3) is 0 Å². The van der Waals surface area contributed by atoms with E-state index in [9.17, 15) is 0 Å². The molecule has 0 aromatic rings. The zero-order chi connectivity index (χ0) is 7.72. The predicted octanol–water partition coefficient (Wildman–Crippen LogP) is -1.51. The Morgan fingerprint density at radius 2 is 1.90 bits per heavy atom. The van der Waals surface area contributed by atoms with Crippen LogP contribution in [0.3, 0.4) is 0 Å². The van der Waals surface area contributed by atoms with E-state index in [1.807, 2.05) is 0 Å². The lowest BCUT2D eigenvalue weighted by molar-refractivity contribution is -0.0171. The highest BCUT2D eigenvalue weighted by atomic mass is 16.5. The van der Waals surface area contributed by atoms with Gasteiger partial charge in [-0.3, -0.25) is 0 Å². The van der Waals surface area contributed by atoms with Crippen molar-refractivity contribution in [3.8, 4) is 0 Å². The first-order chi connectivity index (χ1) is 4.66. The Kier molecular flexibility index (Phi) is 2.25. The average Bonchev–Trinajstić information content (AvgIpc) is 2.17. The minimum atomic E-state index is -0.944. The van der Waals surface area contributed by atoms with Gasteiger partial charge in [-0.1, -0.05) is 0 Å². The van der Waals surface area contributed by atoms with E-state index >= 15 is 0 Å². The van der Waals surface area contributed by atoms with Crippen LogP contribution in [0.2, 0.25) is 0 Å². The molecule has 1 saturated heterocycles. The Hall–Kier alpha value is -0.160. The number of hydrogen-bond donors (Lipinski definition) is 3. The normalized spacial score (nSPS) is 48.0. The zero-order valence-electron chi connectivity index (χ0n) is 5.77. The van der Waals surface area contributed by atoms with Gasteiger partial charge in [0.1, 0.15) is 18.3 Å². The number of aliphatic hydroxyl groups is 3. The minimum Gasteiger partial charge on any atom is -0.394 e. The Morgan fingerprint density at radius 3 is 2.10 bits per heavy atom. The highest BCUT2D eigenvalue weighted by Crippen LogP contribution is 2.19. The third kappa shape index (κ3) is 1.15. The zero-order valence-corrected chi connectivity index (χ0v) is 5.77. The summed E-state index contributed by atoms with van der Waals surface area (Å²) >= 11 is 0. The van der Waals surface area contributed by atoms with E-state index in [0.717, 1.165) is 0 Å². The van der Waals surface area contributed by atoms with Crippen molar-refractivity contribution in [2.75, 3.05) is 6.61 Å². The van der Waals surface area contributed by atoms with Crippen molar-refractivity contribution in [1.82, 2.24) is 0 Å². The van der Waals surface area contributed by atoms with Crippen molar-refractivity contribution in [3.05, 3.63) is 0 Å². The molecule has 0 aromatic heterocycles. The summed E-state index contributed by atoms with van der Waals surface area (Å²) in [6.45, 7) is 1.41. The first kappa shape index (κ1) is 7.94. The van der Waals surface area contributed by atoms with Crippen molar-refractivity contribution in [1.29, 1.82) is 0 Å². The number of hydrogen-bond acceptors (Lipinski definition) is 4. The van der Waals surface area contributed by atoms with Crippen LogP contribution >= 0.6 is 0 Å². The lowest BCUT2D eigenvalue weighted by Gasteiger charge is -2.10. The van der Waals surface area contributed by atoms with E-state index < -0.39 is 18.3 Å². The van der Waals surface area contributed by atoms with Gasteiger partial charge in [-0.25, -0.2) is 0 Å². The molecule has 60 valence electrons. The topological polar surface area (TPSA) is 69.9 Å². The quantitative estimate of drug-likeness (QED) is 0.422. The van der Waals surface area contributed by atoms with Crippen molar-refractivity contribution in [3.63, 3.8) is 0 Å². The molecule has 1 rings (SSSR count). The summed E-state index contributed by atoms with van der Waals surface area (Å²) in [5.41, 5.74) is 0. The summed E-state index contributed by atoms with van der Waals surface area (Å²) in [6, 6.07) is 0. The van der Waals surface area contributed by atoms with Crippen LogP contribution < -0.4 is 0 Å². The van der Waals surface area contributed by atoms with Gasteiger partial charge in [0.2, 0.25) is 0 Å². The van der Waals surface area contributed by atoms with Crippen molar-refractivity contribution in [2.45, 2.75) is 31.3 Å². The van der Waals surface area contributed by atoms with Gasteiger partial charge in [0.15, 0.2) is 0 Å². The standard InChI is InChI=1S/C6H12O4/c1-3-5(8)6(9)4(2-7)10-3/h3-9H,2H2,1H3/t3-,4+,5+,6+/m0/s1. The van der Waals surface area contributed by atoms with Gasteiger partial charge in [-0.15, -0.1) is 0 Å². The van der Waals surface area contributed by atoms with E-state index in [0.29, 0.717) is 0 Å². The Bertz CT molecular complexity index is 116. The van der Waals surface area contributed by atoms with Crippen molar-refractivity contribution >= 4 is 0 Å². The minimum absolute atomic E-state index is 0.247. The van der Waals surface area contributed by atoms with E-state index in [2.05, 4.69) is 0 Å². The first-order valence-corrected chi connectivity index (χ1v) is 3.29.